The molecule has 1 unspecified atom stereocenters. The van der Waals surface area contributed by atoms with Crippen molar-refractivity contribution in [2.75, 3.05) is 42.1 Å². The fraction of sp³-hybridized carbons (Fsp3) is 0.243. The number of urea groups is 1. The van der Waals surface area contributed by atoms with Crippen molar-refractivity contribution in [3.8, 4) is 23.0 Å². The molecule has 0 aliphatic rings. The Kier molecular flexibility index (Phi) is 12.0. The van der Waals surface area contributed by atoms with Crippen LogP contribution in [0.5, 0.6) is 23.0 Å². The first-order valence-electron chi connectivity index (χ1n) is 15.6. The smallest absolute Gasteiger partial charge is 0.323 e. The highest BCUT2D eigenvalue weighted by Crippen LogP contribution is 2.40. The summed E-state index contributed by atoms with van der Waals surface area (Å²) in [7, 11) is -1.87. The highest BCUT2D eigenvalue weighted by atomic mass is 32.2. The van der Waals surface area contributed by atoms with Gasteiger partial charge in [0.15, 0.2) is 15.6 Å². The lowest BCUT2D eigenvalue weighted by atomic mass is 9.86. The number of methoxy groups -OCH3 is 2. The first-order valence-corrected chi connectivity index (χ1v) is 19.0. The van der Waals surface area contributed by atoms with Gasteiger partial charge in [-0.15, -0.1) is 0 Å². The van der Waals surface area contributed by atoms with Gasteiger partial charge in [0.05, 0.1) is 31.3 Å². The zero-order chi connectivity index (χ0) is 36.2. The van der Waals surface area contributed by atoms with Gasteiger partial charge in [0, 0.05) is 47.7 Å². The molecule has 51 heavy (non-hydrogen) atoms. The number of fused-ring (bicyclic) bond motifs is 1. The molecule has 0 saturated carbocycles. The molecule has 0 aliphatic heterocycles. The van der Waals surface area contributed by atoms with Gasteiger partial charge in [0.2, 0.25) is 0 Å². The molecule has 0 radical (unpaired) electrons. The zero-order valence-electron chi connectivity index (χ0n) is 29.4. The summed E-state index contributed by atoms with van der Waals surface area (Å²) in [5, 5.41) is 7.39. The van der Waals surface area contributed by atoms with E-state index in [1.807, 2.05) is 63.2 Å². The number of hydrogen-bond donors (Lipinski definition) is 3. The summed E-state index contributed by atoms with van der Waals surface area (Å²) in [6.07, 6.45) is 4.74. The number of benzene rings is 4. The predicted octanol–water partition coefficient (Wildman–Crippen LogP) is 6.86. The average Bonchev–Trinajstić information content (AvgIpc) is 3.04. The summed E-state index contributed by atoms with van der Waals surface area (Å²) in [6.45, 7) is 6.14. The fourth-order valence-electron chi connectivity index (χ4n) is 5.43. The van der Waals surface area contributed by atoms with E-state index in [0.29, 0.717) is 46.4 Å². The number of pyridine rings is 1. The monoisotopic (exact) mass is 734 g/mol. The van der Waals surface area contributed by atoms with Crippen LogP contribution in [0.1, 0.15) is 37.6 Å². The number of nitrogens with one attached hydrogen (secondary N) is 3. The van der Waals surface area contributed by atoms with E-state index in [2.05, 4.69) is 20.3 Å². The van der Waals surface area contributed by atoms with Gasteiger partial charge in [0.1, 0.15) is 33.1 Å². The summed E-state index contributed by atoms with van der Waals surface area (Å²) in [6, 6.07) is 22.9. The van der Waals surface area contributed by atoms with Crippen LogP contribution in [0.2, 0.25) is 0 Å². The molecule has 5 rings (SSSR count). The van der Waals surface area contributed by atoms with E-state index >= 15 is 0 Å². The van der Waals surface area contributed by atoms with Gasteiger partial charge >= 0.3 is 6.03 Å². The third kappa shape index (κ3) is 9.34. The number of hydrogen-bond acceptors (Lipinski definition) is 8. The van der Waals surface area contributed by atoms with Crippen LogP contribution in [0.3, 0.4) is 0 Å². The Hall–Kier alpha value is -5.18. The van der Waals surface area contributed by atoms with Crippen molar-refractivity contribution < 1.29 is 37.1 Å². The molecule has 1 atom stereocenters. The molecule has 5 aromatic rings. The average molecular weight is 735 g/mol. The van der Waals surface area contributed by atoms with Crippen molar-refractivity contribution in [2.45, 2.75) is 37.5 Å². The second-order valence-electron chi connectivity index (χ2n) is 12.7. The predicted molar refractivity (Wildman–Crippen MR) is 203 cm³/mol. The van der Waals surface area contributed by atoms with Crippen LogP contribution < -0.4 is 29.6 Å². The summed E-state index contributed by atoms with van der Waals surface area (Å²) < 4.78 is 56.4. The van der Waals surface area contributed by atoms with Gasteiger partial charge in [-0.1, -0.05) is 51.1 Å². The minimum absolute atomic E-state index is 0. The fourth-order valence-corrected chi connectivity index (χ4v) is 6.72. The van der Waals surface area contributed by atoms with Gasteiger partial charge in [-0.05, 0) is 59.0 Å². The molecule has 1 heterocycles. The minimum Gasteiger partial charge on any atom is -0.495 e. The summed E-state index contributed by atoms with van der Waals surface area (Å²) >= 11 is 0. The first kappa shape index (κ1) is 38.6. The highest BCUT2D eigenvalue weighted by Gasteiger charge is 2.22. The van der Waals surface area contributed by atoms with Crippen molar-refractivity contribution >= 4 is 54.7 Å². The molecule has 4 aromatic carbocycles. The number of aromatic nitrogens is 1. The van der Waals surface area contributed by atoms with Crippen molar-refractivity contribution in [2.24, 2.45) is 0 Å². The molecule has 0 bridgehead atoms. The van der Waals surface area contributed by atoms with Crippen LogP contribution in [0.15, 0.2) is 90.0 Å². The number of nitrogens with zero attached hydrogens (tertiary/aromatic N) is 1. The molecule has 0 saturated heterocycles. The topological polar surface area (TPSA) is 176 Å². The Balaban J connectivity index is 0.00000583. The van der Waals surface area contributed by atoms with Gasteiger partial charge in [0.25, 0.3) is 0 Å². The zero-order valence-corrected chi connectivity index (χ0v) is 31.0. The summed E-state index contributed by atoms with van der Waals surface area (Å²) in [5.41, 5.74) is 3.69. The number of sulfone groups is 1. The number of ether oxygens (including phenoxy) is 3. The number of carbonyl (C=O) groups excluding carboxylic acids is 1. The minimum atomic E-state index is -3.44. The van der Waals surface area contributed by atoms with Crippen molar-refractivity contribution in [1.29, 1.82) is 0 Å². The van der Waals surface area contributed by atoms with E-state index in [1.54, 1.807) is 36.5 Å². The summed E-state index contributed by atoms with van der Waals surface area (Å²) in [5.74, 6) is 1.77. The van der Waals surface area contributed by atoms with Crippen LogP contribution in [-0.2, 0) is 32.7 Å². The standard InChI is InChI=1S/C37H40N4O7S2.H2O/c1-37(2,3)24-20-30(35(47-5)31(21-24)41-49(6)43)40-36(42)39-29-13-14-32(28-11-9-8-10-27(28)29)48-26-16-17-38-25(22-26)18-23-12-15-34(50(7,44)45)33(19-23)46-4;/h8-17,19-22,41H,18H2,1-7H3,(H2,39,40,42);1H2. The van der Waals surface area contributed by atoms with Gasteiger partial charge in [-0.3, -0.25) is 4.98 Å². The van der Waals surface area contributed by atoms with E-state index in [0.717, 1.165) is 28.2 Å². The molecule has 0 aliphatic carbocycles. The SMILES string of the molecule is COc1cc(Cc2cc(Oc3ccc(NC(=O)Nc4cc(C(C)(C)C)cc(NS(C)=O)c4OC)c4ccccc34)ccn2)ccc1S(C)(=O)=O.O. The molecule has 1 aromatic heterocycles. The van der Waals surface area contributed by atoms with E-state index in [9.17, 15) is 17.4 Å². The second kappa shape index (κ2) is 15.8. The maximum Gasteiger partial charge on any atom is 0.323 e. The van der Waals surface area contributed by atoms with E-state index in [-0.39, 0.29) is 21.5 Å². The van der Waals surface area contributed by atoms with Crippen LogP contribution in [0.4, 0.5) is 21.9 Å². The van der Waals surface area contributed by atoms with Crippen LogP contribution in [-0.4, -0.2) is 55.8 Å². The lowest BCUT2D eigenvalue weighted by Gasteiger charge is -2.24. The van der Waals surface area contributed by atoms with Gasteiger partial charge in [-0.2, -0.15) is 0 Å². The Morgan fingerprint density at radius 3 is 2.18 bits per heavy atom. The Bertz CT molecular complexity index is 2200. The van der Waals surface area contributed by atoms with Crippen LogP contribution >= 0.6 is 0 Å². The van der Waals surface area contributed by atoms with E-state index < -0.39 is 26.9 Å². The molecule has 270 valence electrons. The van der Waals surface area contributed by atoms with Crippen molar-refractivity contribution in [1.82, 2.24) is 4.98 Å². The van der Waals surface area contributed by atoms with E-state index in [1.165, 1.54) is 26.5 Å². The Morgan fingerprint density at radius 1 is 0.843 bits per heavy atom. The second-order valence-corrected chi connectivity index (χ2v) is 15.8. The molecule has 14 heteroatoms. The number of rotatable bonds is 11. The molecular weight excluding hydrogens is 693 g/mol. The highest BCUT2D eigenvalue weighted by molar-refractivity contribution is 7.90. The lowest BCUT2D eigenvalue weighted by Crippen LogP contribution is -2.21. The maximum atomic E-state index is 13.4. The molecule has 2 amide bonds. The third-order valence-electron chi connectivity index (χ3n) is 7.82. The number of anilines is 3. The molecular formula is C37H42N4O8S2. The van der Waals surface area contributed by atoms with Crippen molar-refractivity contribution in [3.63, 3.8) is 0 Å². The quantitative estimate of drug-likeness (QED) is 0.132. The maximum absolute atomic E-state index is 13.4. The molecule has 12 nitrogen and oxygen atoms in total. The lowest BCUT2D eigenvalue weighted by molar-refractivity contribution is 0.262. The number of amides is 2. The molecule has 5 N–H and O–H groups in total. The normalized spacial score (nSPS) is 12.0. The van der Waals surface area contributed by atoms with E-state index in [4.69, 9.17) is 14.2 Å². The largest absolute Gasteiger partial charge is 0.495 e. The third-order valence-corrected chi connectivity index (χ3v) is 9.47. The van der Waals surface area contributed by atoms with Gasteiger partial charge < -0.3 is 35.0 Å². The van der Waals surface area contributed by atoms with Crippen LogP contribution in [0.25, 0.3) is 10.8 Å². The number of carbonyl (C=O) groups is 1. The summed E-state index contributed by atoms with van der Waals surface area (Å²) in [4.78, 5) is 18.0. The Labute approximate surface area is 300 Å². The van der Waals surface area contributed by atoms with Crippen molar-refractivity contribution in [3.05, 3.63) is 102 Å². The molecule has 0 fully saturated rings. The Morgan fingerprint density at radius 2 is 1.53 bits per heavy atom. The first-order chi connectivity index (χ1) is 23.7. The van der Waals surface area contributed by atoms with Crippen LogP contribution in [0, 0.1) is 0 Å². The molecule has 0 spiro atoms. The van der Waals surface area contributed by atoms with Gasteiger partial charge in [-0.25, -0.2) is 17.4 Å².